The Bertz CT molecular complexity index is 231. The van der Waals surface area contributed by atoms with Crippen molar-refractivity contribution in [1.29, 1.82) is 0 Å². The minimum atomic E-state index is -0.972. The van der Waals surface area contributed by atoms with Crippen molar-refractivity contribution >= 4 is 23.7 Å². The molecule has 16 heavy (non-hydrogen) atoms. The lowest BCUT2D eigenvalue weighted by atomic mass is 10.1. The minimum absolute atomic E-state index is 0.287. The Morgan fingerprint density at radius 1 is 1.31 bits per heavy atom. The van der Waals surface area contributed by atoms with Crippen LogP contribution in [0.1, 0.15) is 19.8 Å². The molecular formula is C10H18O5S. The first kappa shape index (κ1) is 15.2. The number of thioether (sulfide) groups is 1. The average Bonchev–Trinajstić information content (AvgIpc) is 2.21. The van der Waals surface area contributed by atoms with E-state index in [0.717, 1.165) is 0 Å². The smallest absolute Gasteiger partial charge is 0.333 e. The van der Waals surface area contributed by atoms with Gasteiger partial charge in [-0.25, -0.2) is 4.79 Å². The number of ether oxygens (including phenoxy) is 1. The lowest BCUT2D eigenvalue weighted by Crippen LogP contribution is -2.27. The van der Waals surface area contributed by atoms with Gasteiger partial charge in [-0.1, -0.05) is 6.92 Å². The number of carboxylic acid groups (broad SMARTS) is 2. The number of aliphatic carboxylic acids is 2. The Kier molecular flexibility index (Phi) is 8.01. The van der Waals surface area contributed by atoms with Crippen molar-refractivity contribution in [2.45, 2.75) is 25.9 Å². The van der Waals surface area contributed by atoms with Gasteiger partial charge in [0, 0.05) is 12.4 Å². The molecule has 0 amide bonds. The summed E-state index contributed by atoms with van der Waals surface area (Å²) in [5.74, 6) is -1.81. The molecule has 0 fully saturated rings. The standard InChI is InChI=1S/C10H18O5S/c1-7(9(11)12)4-3-5-15-8(6-16-2)10(13)14/h7-8H,3-6H2,1-2H3,(H,11,12)(H,13,14). The van der Waals surface area contributed by atoms with E-state index in [2.05, 4.69) is 0 Å². The number of carboxylic acids is 2. The highest BCUT2D eigenvalue weighted by molar-refractivity contribution is 7.98. The zero-order valence-corrected chi connectivity index (χ0v) is 10.3. The van der Waals surface area contributed by atoms with E-state index in [-0.39, 0.29) is 6.61 Å². The van der Waals surface area contributed by atoms with Gasteiger partial charge in [-0.2, -0.15) is 11.8 Å². The fraction of sp³-hybridized carbons (Fsp3) is 0.800. The lowest BCUT2D eigenvalue weighted by Gasteiger charge is -2.12. The third kappa shape index (κ3) is 6.68. The molecule has 0 aromatic carbocycles. The molecule has 5 nitrogen and oxygen atoms in total. The Morgan fingerprint density at radius 2 is 1.94 bits per heavy atom. The van der Waals surface area contributed by atoms with Crippen molar-refractivity contribution in [3.8, 4) is 0 Å². The molecule has 0 aliphatic carbocycles. The van der Waals surface area contributed by atoms with Crippen LogP contribution in [0.15, 0.2) is 0 Å². The number of carbonyl (C=O) groups is 2. The van der Waals surface area contributed by atoms with E-state index in [9.17, 15) is 9.59 Å². The second-order valence-electron chi connectivity index (χ2n) is 3.53. The monoisotopic (exact) mass is 250 g/mol. The molecule has 0 heterocycles. The summed E-state index contributed by atoms with van der Waals surface area (Å²) in [6, 6.07) is 0. The maximum atomic E-state index is 10.7. The molecule has 0 aromatic rings. The van der Waals surface area contributed by atoms with Crippen LogP contribution in [-0.4, -0.2) is 46.9 Å². The Balaban J connectivity index is 3.70. The first-order chi connectivity index (χ1) is 7.49. The Morgan fingerprint density at radius 3 is 2.38 bits per heavy atom. The van der Waals surface area contributed by atoms with E-state index in [1.165, 1.54) is 11.8 Å². The van der Waals surface area contributed by atoms with Gasteiger partial charge in [0.1, 0.15) is 0 Å². The number of hydrogen-bond donors (Lipinski definition) is 2. The highest BCUT2D eigenvalue weighted by Gasteiger charge is 2.17. The molecule has 0 saturated heterocycles. The number of rotatable bonds is 9. The highest BCUT2D eigenvalue weighted by atomic mass is 32.2. The molecule has 0 bridgehead atoms. The largest absolute Gasteiger partial charge is 0.481 e. The molecule has 94 valence electrons. The maximum Gasteiger partial charge on any atom is 0.333 e. The van der Waals surface area contributed by atoms with Crippen LogP contribution in [0.5, 0.6) is 0 Å². The molecule has 2 N–H and O–H groups in total. The van der Waals surface area contributed by atoms with E-state index in [0.29, 0.717) is 18.6 Å². The number of hydrogen-bond acceptors (Lipinski definition) is 4. The summed E-state index contributed by atoms with van der Waals surface area (Å²) in [7, 11) is 0. The van der Waals surface area contributed by atoms with E-state index in [1.54, 1.807) is 6.92 Å². The van der Waals surface area contributed by atoms with Gasteiger partial charge in [0.15, 0.2) is 6.10 Å². The summed E-state index contributed by atoms with van der Waals surface area (Å²) >= 11 is 1.41. The normalized spacial score (nSPS) is 14.4. The van der Waals surface area contributed by atoms with Gasteiger partial charge in [-0.15, -0.1) is 0 Å². The van der Waals surface area contributed by atoms with Crippen LogP contribution in [-0.2, 0) is 14.3 Å². The first-order valence-electron chi connectivity index (χ1n) is 5.05. The predicted molar refractivity (Wildman–Crippen MR) is 61.8 cm³/mol. The molecule has 6 heteroatoms. The summed E-state index contributed by atoms with van der Waals surface area (Å²) in [4.78, 5) is 21.2. The van der Waals surface area contributed by atoms with Crippen molar-refractivity contribution in [2.24, 2.45) is 5.92 Å². The van der Waals surface area contributed by atoms with Crippen molar-refractivity contribution in [3.05, 3.63) is 0 Å². The summed E-state index contributed by atoms with van der Waals surface area (Å²) in [5, 5.41) is 17.4. The van der Waals surface area contributed by atoms with Gasteiger partial charge in [0.25, 0.3) is 0 Å². The minimum Gasteiger partial charge on any atom is -0.481 e. The van der Waals surface area contributed by atoms with Crippen molar-refractivity contribution < 1.29 is 24.5 Å². The summed E-state index contributed by atoms with van der Waals surface area (Å²) in [5.41, 5.74) is 0. The third-order valence-corrected chi connectivity index (χ3v) is 2.75. The van der Waals surface area contributed by atoms with E-state index in [4.69, 9.17) is 14.9 Å². The van der Waals surface area contributed by atoms with Crippen LogP contribution in [0.2, 0.25) is 0 Å². The van der Waals surface area contributed by atoms with Crippen LogP contribution >= 0.6 is 11.8 Å². The van der Waals surface area contributed by atoms with Crippen LogP contribution < -0.4 is 0 Å². The van der Waals surface area contributed by atoms with Gasteiger partial charge in [0.05, 0.1) is 5.92 Å². The molecule has 0 aliphatic rings. The second-order valence-corrected chi connectivity index (χ2v) is 4.45. The molecule has 2 unspecified atom stereocenters. The molecule has 0 aromatic heterocycles. The van der Waals surface area contributed by atoms with Crippen molar-refractivity contribution in [3.63, 3.8) is 0 Å². The summed E-state index contributed by atoms with van der Waals surface area (Å²) in [6.45, 7) is 1.91. The fourth-order valence-corrected chi connectivity index (χ4v) is 1.62. The van der Waals surface area contributed by atoms with Crippen LogP contribution in [0.25, 0.3) is 0 Å². The van der Waals surface area contributed by atoms with Gasteiger partial charge in [-0.3, -0.25) is 4.79 Å². The predicted octanol–water partition coefficient (Wildman–Crippen LogP) is 1.32. The first-order valence-corrected chi connectivity index (χ1v) is 6.44. The van der Waals surface area contributed by atoms with E-state index >= 15 is 0 Å². The van der Waals surface area contributed by atoms with Gasteiger partial charge in [-0.05, 0) is 19.1 Å². The summed E-state index contributed by atoms with van der Waals surface area (Å²) < 4.78 is 5.16. The van der Waals surface area contributed by atoms with Crippen LogP contribution in [0.4, 0.5) is 0 Å². The van der Waals surface area contributed by atoms with Crippen LogP contribution in [0, 0.1) is 5.92 Å². The lowest BCUT2D eigenvalue weighted by molar-refractivity contribution is -0.149. The van der Waals surface area contributed by atoms with Crippen molar-refractivity contribution in [2.75, 3.05) is 18.6 Å². The van der Waals surface area contributed by atoms with E-state index < -0.39 is 24.0 Å². The molecule has 0 saturated carbocycles. The topological polar surface area (TPSA) is 83.8 Å². The highest BCUT2D eigenvalue weighted by Crippen LogP contribution is 2.08. The Labute approximate surface area is 99.2 Å². The maximum absolute atomic E-state index is 10.7. The van der Waals surface area contributed by atoms with Gasteiger partial charge >= 0.3 is 11.9 Å². The molecule has 0 aliphatic heterocycles. The molecule has 0 radical (unpaired) electrons. The molecule has 0 rings (SSSR count). The van der Waals surface area contributed by atoms with Gasteiger partial charge in [0.2, 0.25) is 0 Å². The quantitative estimate of drug-likeness (QED) is 0.600. The Hall–Kier alpha value is -0.750. The average molecular weight is 250 g/mol. The zero-order valence-electron chi connectivity index (χ0n) is 9.51. The third-order valence-electron chi connectivity index (χ3n) is 2.12. The molecule has 0 spiro atoms. The molecular weight excluding hydrogens is 232 g/mol. The van der Waals surface area contributed by atoms with E-state index in [1.807, 2.05) is 6.26 Å². The fourth-order valence-electron chi connectivity index (χ4n) is 1.08. The van der Waals surface area contributed by atoms with Crippen molar-refractivity contribution in [1.82, 2.24) is 0 Å². The second kappa shape index (κ2) is 8.41. The van der Waals surface area contributed by atoms with Gasteiger partial charge < -0.3 is 14.9 Å². The summed E-state index contributed by atoms with van der Waals surface area (Å²) in [6.07, 6.45) is 2.08. The zero-order chi connectivity index (χ0) is 12.6. The van der Waals surface area contributed by atoms with Crippen LogP contribution in [0.3, 0.4) is 0 Å². The SMILES string of the molecule is CSCC(OCCCC(C)C(=O)O)C(=O)O. The molecule has 2 atom stereocenters.